The molecule has 76 valence electrons. The van der Waals surface area contributed by atoms with Crippen LogP contribution in [0, 0.1) is 0 Å². The third-order valence-electron chi connectivity index (χ3n) is 2.27. The summed E-state index contributed by atoms with van der Waals surface area (Å²) in [6.07, 6.45) is 0. The molecule has 1 N–H and O–H groups in total. The maximum absolute atomic E-state index is 8.38. The molecule has 0 unspecified atom stereocenters. The van der Waals surface area contributed by atoms with Crippen LogP contribution in [0.15, 0.2) is 54.6 Å². The summed E-state index contributed by atoms with van der Waals surface area (Å²) in [6, 6.07) is 18.0. The van der Waals surface area contributed by atoms with Crippen LogP contribution in [-0.4, -0.2) is 5.26 Å². The summed E-state index contributed by atoms with van der Waals surface area (Å²) in [5.41, 5.74) is 3.25. The Kier molecular flexibility index (Phi) is 3.12. The van der Waals surface area contributed by atoms with Gasteiger partial charge in [-0.1, -0.05) is 48.5 Å². The van der Waals surface area contributed by atoms with Crippen molar-refractivity contribution in [2.24, 2.45) is 0 Å². The van der Waals surface area contributed by atoms with E-state index in [4.69, 9.17) is 5.26 Å². The molecule has 0 saturated carbocycles. The van der Waals surface area contributed by atoms with E-state index in [1.54, 1.807) is 0 Å². The maximum Gasteiger partial charge on any atom is 0.107 e. The fourth-order valence-electron chi connectivity index (χ4n) is 1.55. The summed E-state index contributed by atoms with van der Waals surface area (Å²) in [5.74, 6) is 0. The lowest BCUT2D eigenvalue weighted by Crippen LogP contribution is -1.88. The van der Waals surface area contributed by atoms with Gasteiger partial charge in [0, 0.05) is 0 Å². The summed E-state index contributed by atoms with van der Waals surface area (Å²) >= 11 is 0. The molecule has 2 rings (SSSR count). The quantitative estimate of drug-likeness (QED) is 0.608. The Morgan fingerprint density at radius 2 is 1.60 bits per heavy atom. The first-order valence-electron chi connectivity index (χ1n) is 4.81. The second kappa shape index (κ2) is 4.73. The van der Waals surface area contributed by atoms with Gasteiger partial charge in [0.25, 0.3) is 0 Å². The van der Waals surface area contributed by atoms with Crippen LogP contribution in [0.4, 0.5) is 0 Å². The Balaban J connectivity index is 2.33. The van der Waals surface area contributed by atoms with Crippen molar-refractivity contribution in [1.29, 1.82) is 0 Å². The van der Waals surface area contributed by atoms with Crippen molar-refractivity contribution in [2.75, 3.05) is 0 Å². The normalized spacial score (nSPS) is 10.2. The lowest BCUT2D eigenvalue weighted by Gasteiger charge is -2.03. The molecule has 0 saturated heterocycles. The highest BCUT2D eigenvalue weighted by Gasteiger charge is 1.98. The molecule has 15 heavy (non-hydrogen) atoms. The Hall–Kier alpha value is -1.64. The number of benzene rings is 2. The molecular weight excluding hydrogens is 188 g/mol. The van der Waals surface area contributed by atoms with E-state index in [1.165, 1.54) is 0 Å². The van der Waals surface area contributed by atoms with Crippen molar-refractivity contribution in [1.82, 2.24) is 0 Å². The summed E-state index contributed by atoms with van der Waals surface area (Å²) < 4.78 is 0. The van der Waals surface area contributed by atoms with Crippen LogP contribution in [-0.2, 0) is 11.5 Å². The first kappa shape index (κ1) is 9.90. The van der Waals surface area contributed by atoms with Crippen LogP contribution in [0.3, 0.4) is 0 Å². The third-order valence-corrected chi connectivity index (χ3v) is 2.27. The van der Waals surface area contributed by atoms with Gasteiger partial charge in [-0.25, -0.2) is 4.89 Å². The van der Waals surface area contributed by atoms with Crippen LogP contribution >= 0.6 is 0 Å². The van der Waals surface area contributed by atoms with Crippen molar-refractivity contribution in [3.63, 3.8) is 0 Å². The van der Waals surface area contributed by atoms with Gasteiger partial charge in [-0.15, -0.1) is 0 Å². The fraction of sp³-hybridized carbons (Fsp3) is 0.0769. The topological polar surface area (TPSA) is 29.5 Å². The maximum atomic E-state index is 8.38. The van der Waals surface area contributed by atoms with Gasteiger partial charge in [-0.05, 0) is 22.8 Å². The molecule has 2 heteroatoms. The molecular formula is C13H12O2. The van der Waals surface area contributed by atoms with E-state index >= 15 is 0 Å². The van der Waals surface area contributed by atoms with Gasteiger partial charge in [0.2, 0.25) is 0 Å². The Morgan fingerprint density at radius 3 is 2.33 bits per heavy atom. The van der Waals surface area contributed by atoms with Crippen LogP contribution in [0.1, 0.15) is 5.56 Å². The summed E-state index contributed by atoms with van der Waals surface area (Å²) in [6.45, 7) is 0.223. The molecule has 2 aromatic carbocycles. The summed E-state index contributed by atoms with van der Waals surface area (Å²) in [7, 11) is 0. The minimum Gasteiger partial charge on any atom is -0.251 e. The smallest absolute Gasteiger partial charge is 0.107 e. The number of rotatable bonds is 3. The SMILES string of the molecule is OOCc1cccc(-c2ccccc2)c1. The Bertz CT molecular complexity index is 424. The summed E-state index contributed by atoms with van der Waals surface area (Å²) in [4.78, 5) is 4.12. The zero-order chi connectivity index (χ0) is 10.5. The zero-order valence-corrected chi connectivity index (χ0v) is 8.26. The van der Waals surface area contributed by atoms with Crippen molar-refractivity contribution >= 4 is 0 Å². The van der Waals surface area contributed by atoms with Gasteiger partial charge in [0.05, 0.1) is 0 Å². The van der Waals surface area contributed by atoms with E-state index in [0.717, 1.165) is 16.7 Å². The molecule has 0 atom stereocenters. The van der Waals surface area contributed by atoms with E-state index in [2.05, 4.69) is 17.0 Å². The fourth-order valence-corrected chi connectivity index (χ4v) is 1.55. The van der Waals surface area contributed by atoms with E-state index in [0.29, 0.717) is 0 Å². The standard InChI is InChI=1S/C13H12O2/c14-15-10-11-5-4-8-13(9-11)12-6-2-1-3-7-12/h1-9,14H,10H2. The Labute approximate surface area is 88.7 Å². The first-order chi connectivity index (χ1) is 7.40. The molecule has 0 aliphatic heterocycles. The number of hydrogen-bond acceptors (Lipinski definition) is 2. The Morgan fingerprint density at radius 1 is 0.867 bits per heavy atom. The van der Waals surface area contributed by atoms with Crippen LogP contribution in [0.25, 0.3) is 11.1 Å². The second-order valence-corrected chi connectivity index (χ2v) is 3.34. The van der Waals surface area contributed by atoms with Crippen LogP contribution in [0.2, 0.25) is 0 Å². The van der Waals surface area contributed by atoms with E-state index in [-0.39, 0.29) is 6.61 Å². The van der Waals surface area contributed by atoms with Crippen LogP contribution < -0.4 is 0 Å². The highest BCUT2D eigenvalue weighted by atomic mass is 17.1. The van der Waals surface area contributed by atoms with Crippen molar-refractivity contribution in [2.45, 2.75) is 6.61 Å². The largest absolute Gasteiger partial charge is 0.251 e. The molecule has 0 heterocycles. The lowest BCUT2D eigenvalue weighted by atomic mass is 10.0. The van der Waals surface area contributed by atoms with Gasteiger partial charge in [-0.2, -0.15) is 0 Å². The third kappa shape index (κ3) is 2.43. The van der Waals surface area contributed by atoms with Crippen molar-refractivity contribution in [3.05, 3.63) is 60.2 Å². The molecule has 2 aromatic rings. The molecule has 0 fully saturated rings. The van der Waals surface area contributed by atoms with Crippen molar-refractivity contribution in [3.8, 4) is 11.1 Å². The van der Waals surface area contributed by atoms with Gasteiger partial charge in [0.1, 0.15) is 6.61 Å². The molecule has 0 aromatic heterocycles. The molecule has 2 nitrogen and oxygen atoms in total. The minimum atomic E-state index is 0.223. The van der Waals surface area contributed by atoms with Gasteiger partial charge >= 0.3 is 0 Å². The molecule has 0 amide bonds. The summed E-state index contributed by atoms with van der Waals surface area (Å²) in [5, 5.41) is 8.38. The lowest BCUT2D eigenvalue weighted by molar-refractivity contribution is -0.253. The molecule has 0 bridgehead atoms. The second-order valence-electron chi connectivity index (χ2n) is 3.34. The van der Waals surface area contributed by atoms with Gasteiger partial charge < -0.3 is 0 Å². The molecule has 0 radical (unpaired) electrons. The highest BCUT2D eigenvalue weighted by molar-refractivity contribution is 5.63. The number of hydrogen-bond donors (Lipinski definition) is 1. The highest BCUT2D eigenvalue weighted by Crippen LogP contribution is 2.20. The minimum absolute atomic E-state index is 0.223. The monoisotopic (exact) mass is 200 g/mol. The van der Waals surface area contributed by atoms with Gasteiger partial charge in [0.15, 0.2) is 0 Å². The van der Waals surface area contributed by atoms with E-state index < -0.39 is 0 Å². The first-order valence-corrected chi connectivity index (χ1v) is 4.81. The zero-order valence-electron chi connectivity index (χ0n) is 8.26. The van der Waals surface area contributed by atoms with Crippen molar-refractivity contribution < 1.29 is 10.1 Å². The average molecular weight is 200 g/mol. The van der Waals surface area contributed by atoms with Gasteiger partial charge in [-0.3, -0.25) is 5.26 Å². The molecule has 0 spiro atoms. The predicted molar refractivity (Wildman–Crippen MR) is 59.3 cm³/mol. The van der Waals surface area contributed by atoms with E-state index in [1.807, 2.05) is 42.5 Å². The van der Waals surface area contributed by atoms with Crippen LogP contribution in [0.5, 0.6) is 0 Å². The molecule has 0 aliphatic carbocycles. The average Bonchev–Trinajstić information content (AvgIpc) is 2.31. The predicted octanol–water partition coefficient (Wildman–Crippen LogP) is 3.34. The van der Waals surface area contributed by atoms with E-state index in [9.17, 15) is 0 Å². The molecule has 0 aliphatic rings.